The minimum absolute atomic E-state index is 0.189. The van der Waals surface area contributed by atoms with Gasteiger partial charge in [0.05, 0.1) is 18.0 Å². The van der Waals surface area contributed by atoms with Crippen molar-refractivity contribution < 1.29 is 19.4 Å². The van der Waals surface area contributed by atoms with Gasteiger partial charge in [-0.15, -0.1) is 11.8 Å². The number of nitrogens with zero attached hydrogens (tertiary/aromatic N) is 1. The topological polar surface area (TPSA) is 66.8 Å². The Hall–Kier alpha value is -1.69. The summed E-state index contributed by atoms with van der Waals surface area (Å²) in [5.74, 6) is -0.406. The number of benzene rings is 1. The third kappa shape index (κ3) is 3.06. The fraction of sp³-hybridized carbons (Fsp3) is 0.500. The van der Waals surface area contributed by atoms with E-state index in [9.17, 15) is 14.7 Å². The van der Waals surface area contributed by atoms with Crippen molar-refractivity contribution in [1.29, 1.82) is 0 Å². The van der Waals surface area contributed by atoms with Gasteiger partial charge in [0.25, 0.3) is 5.91 Å². The Bertz CT molecular complexity index is 582. The predicted molar refractivity (Wildman–Crippen MR) is 86.3 cm³/mol. The molecule has 1 aliphatic rings. The normalized spacial score (nSPS) is 21.7. The third-order valence-electron chi connectivity index (χ3n) is 3.60. The van der Waals surface area contributed by atoms with Crippen molar-refractivity contribution in [2.75, 3.05) is 12.9 Å². The second-order valence-electron chi connectivity index (χ2n) is 6.32. The van der Waals surface area contributed by atoms with E-state index in [1.165, 1.54) is 23.8 Å². The summed E-state index contributed by atoms with van der Waals surface area (Å²) in [6, 6.07) is 6.10. The van der Waals surface area contributed by atoms with Crippen LogP contribution in [0.3, 0.4) is 0 Å². The number of hydrogen-bond acceptors (Lipinski definition) is 4. The van der Waals surface area contributed by atoms with Gasteiger partial charge in [0, 0.05) is 5.75 Å². The number of aliphatic carboxylic acids is 1. The Kier molecular flexibility index (Phi) is 4.70. The molecule has 2 atom stereocenters. The predicted octanol–water partition coefficient (Wildman–Crippen LogP) is 2.71. The highest BCUT2D eigenvalue weighted by molar-refractivity contribution is 8.00. The average Bonchev–Trinajstić information content (AvgIpc) is 2.91. The number of ether oxygens (including phenoxy) is 1. The number of carbonyl (C=O) groups excluding carboxylic acids is 1. The summed E-state index contributed by atoms with van der Waals surface area (Å²) < 4.78 is 5.24. The zero-order valence-electron chi connectivity index (χ0n) is 13.2. The number of para-hydroxylation sites is 1. The molecule has 22 heavy (non-hydrogen) atoms. The van der Waals surface area contributed by atoms with Gasteiger partial charge in [0.2, 0.25) is 0 Å². The first-order valence-electron chi connectivity index (χ1n) is 7.07. The first-order chi connectivity index (χ1) is 10.3. The lowest BCUT2D eigenvalue weighted by Gasteiger charge is -2.36. The zero-order valence-corrected chi connectivity index (χ0v) is 14.0. The average molecular weight is 323 g/mol. The fourth-order valence-corrected chi connectivity index (χ4v) is 4.14. The summed E-state index contributed by atoms with van der Waals surface area (Å²) in [7, 11) is 1.50. The molecule has 2 unspecified atom stereocenters. The zero-order chi connectivity index (χ0) is 16.5. The minimum atomic E-state index is -0.970. The molecule has 1 N–H and O–H groups in total. The van der Waals surface area contributed by atoms with Gasteiger partial charge in [-0.2, -0.15) is 0 Å². The molecule has 0 radical (unpaired) electrons. The van der Waals surface area contributed by atoms with Gasteiger partial charge >= 0.3 is 5.97 Å². The quantitative estimate of drug-likeness (QED) is 0.926. The van der Waals surface area contributed by atoms with E-state index < -0.39 is 12.0 Å². The largest absolute Gasteiger partial charge is 0.496 e. The standard InChI is InChI=1S/C16H21NO4S/c1-16(2,3)15-17(11(9-22-15)14(19)20)13(18)10-7-5-6-8-12(10)21-4/h5-8,11,15H,9H2,1-4H3,(H,19,20). The molecule has 1 aliphatic heterocycles. The molecule has 6 heteroatoms. The van der Waals surface area contributed by atoms with Gasteiger partial charge in [0.15, 0.2) is 0 Å². The van der Waals surface area contributed by atoms with Crippen LogP contribution in [0.5, 0.6) is 5.75 Å². The Morgan fingerprint density at radius 3 is 2.50 bits per heavy atom. The lowest BCUT2D eigenvalue weighted by molar-refractivity contribution is -0.141. The lowest BCUT2D eigenvalue weighted by Crippen LogP contribution is -2.49. The van der Waals surface area contributed by atoms with Gasteiger partial charge in [-0.05, 0) is 17.5 Å². The van der Waals surface area contributed by atoms with Crippen molar-refractivity contribution in [3.8, 4) is 5.75 Å². The highest BCUT2D eigenvalue weighted by atomic mass is 32.2. The van der Waals surface area contributed by atoms with Crippen LogP contribution in [-0.4, -0.2) is 46.2 Å². The number of methoxy groups -OCH3 is 1. The summed E-state index contributed by atoms with van der Waals surface area (Å²) in [5, 5.41) is 9.26. The van der Waals surface area contributed by atoms with E-state index in [1.54, 1.807) is 24.3 Å². The number of thioether (sulfide) groups is 1. The van der Waals surface area contributed by atoms with Gasteiger partial charge in [-0.1, -0.05) is 32.9 Å². The molecule has 1 heterocycles. The maximum atomic E-state index is 13.0. The number of carbonyl (C=O) groups is 2. The molecule has 1 aromatic rings. The van der Waals surface area contributed by atoms with Crippen LogP contribution in [0.15, 0.2) is 24.3 Å². The van der Waals surface area contributed by atoms with Crippen molar-refractivity contribution >= 4 is 23.6 Å². The van der Waals surface area contributed by atoms with Crippen molar-refractivity contribution in [2.45, 2.75) is 32.2 Å². The number of carboxylic acids is 1. The Labute approximate surface area is 134 Å². The molecule has 1 aromatic carbocycles. The maximum absolute atomic E-state index is 13.0. The molecule has 5 nitrogen and oxygen atoms in total. The molecule has 1 fully saturated rings. The molecule has 120 valence electrons. The summed E-state index contributed by atoms with van der Waals surface area (Å²) in [6.45, 7) is 6.03. The fourth-order valence-electron chi connectivity index (χ4n) is 2.57. The second-order valence-corrected chi connectivity index (χ2v) is 7.43. The van der Waals surface area contributed by atoms with Crippen LogP contribution < -0.4 is 4.74 Å². The van der Waals surface area contributed by atoms with E-state index >= 15 is 0 Å². The molecule has 1 saturated heterocycles. The molecule has 2 rings (SSSR count). The van der Waals surface area contributed by atoms with Gasteiger partial charge < -0.3 is 14.7 Å². The molecular formula is C16H21NO4S. The van der Waals surface area contributed by atoms with Crippen molar-refractivity contribution in [3.63, 3.8) is 0 Å². The highest BCUT2D eigenvalue weighted by Gasteiger charge is 2.47. The minimum Gasteiger partial charge on any atom is -0.496 e. The van der Waals surface area contributed by atoms with Crippen molar-refractivity contribution in [3.05, 3.63) is 29.8 Å². The highest BCUT2D eigenvalue weighted by Crippen LogP contribution is 2.41. The SMILES string of the molecule is COc1ccccc1C(=O)N1C(C(=O)O)CSC1C(C)(C)C. The van der Waals surface area contributed by atoms with Crippen LogP contribution in [0.2, 0.25) is 0 Å². The van der Waals surface area contributed by atoms with Gasteiger partial charge in [-0.3, -0.25) is 4.79 Å². The van der Waals surface area contributed by atoms with Crippen molar-refractivity contribution in [1.82, 2.24) is 4.90 Å². The summed E-state index contributed by atoms with van der Waals surface area (Å²) in [6.07, 6.45) is 0. The Morgan fingerprint density at radius 2 is 1.95 bits per heavy atom. The van der Waals surface area contributed by atoms with Crippen LogP contribution in [0.1, 0.15) is 31.1 Å². The lowest BCUT2D eigenvalue weighted by atomic mass is 9.94. The van der Waals surface area contributed by atoms with Crippen LogP contribution in [0, 0.1) is 5.41 Å². The summed E-state index contributed by atoms with van der Waals surface area (Å²) >= 11 is 1.51. The van der Waals surface area contributed by atoms with Crippen LogP contribution in [-0.2, 0) is 4.79 Å². The molecule has 0 aliphatic carbocycles. The van der Waals surface area contributed by atoms with Crippen LogP contribution in [0.25, 0.3) is 0 Å². The first kappa shape index (κ1) is 16.7. The number of carboxylic acid groups (broad SMARTS) is 1. The molecule has 0 saturated carbocycles. The summed E-state index contributed by atoms with van der Waals surface area (Å²) in [5.41, 5.74) is 0.181. The van der Waals surface area contributed by atoms with Gasteiger partial charge in [0.1, 0.15) is 11.8 Å². The number of amides is 1. The molecule has 0 aromatic heterocycles. The third-order valence-corrected chi connectivity index (χ3v) is 5.36. The van der Waals surface area contributed by atoms with E-state index in [4.69, 9.17) is 4.74 Å². The number of hydrogen-bond donors (Lipinski definition) is 1. The second kappa shape index (κ2) is 6.20. The van der Waals surface area contributed by atoms with Gasteiger partial charge in [-0.25, -0.2) is 4.79 Å². The molecule has 0 spiro atoms. The number of rotatable bonds is 3. The first-order valence-corrected chi connectivity index (χ1v) is 8.12. The molecule has 0 bridgehead atoms. The smallest absolute Gasteiger partial charge is 0.327 e. The van der Waals surface area contributed by atoms with Crippen LogP contribution >= 0.6 is 11.8 Å². The monoisotopic (exact) mass is 323 g/mol. The maximum Gasteiger partial charge on any atom is 0.327 e. The van der Waals surface area contributed by atoms with E-state index in [-0.39, 0.29) is 16.7 Å². The Balaban J connectivity index is 2.44. The van der Waals surface area contributed by atoms with Crippen LogP contribution in [0.4, 0.5) is 0 Å². The molecular weight excluding hydrogens is 302 g/mol. The van der Waals surface area contributed by atoms with Crippen molar-refractivity contribution in [2.24, 2.45) is 5.41 Å². The van der Waals surface area contributed by atoms with E-state index in [2.05, 4.69) is 0 Å². The van der Waals surface area contributed by atoms with E-state index in [0.29, 0.717) is 17.1 Å². The van der Waals surface area contributed by atoms with E-state index in [1.807, 2.05) is 20.8 Å². The Morgan fingerprint density at radius 1 is 1.32 bits per heavy atom. The van der Waals surface area contributed by atoms with E-state index in [0.717, 1.165) is 0 Å². The summed E-state index contributed by atoms with van der Waals surface area (Å²) in [4.78, 5) is 26.0. The molecule has 1 amide bonds.